The molecular weight excluding hydrogens is 425 g/mol. The largest absolute Gasteiger partial charge is 0.467 e. The van der Waals surface area contributed by atoms with E-state index >= 15 is 0 Å². The molecule has 7 nitrogen and oxygen atoms in total. The molecule has 1 aliphatic heterocycles. The van der Waals surface area contributed by atoms with Crippen LogP contribution in [0.25, 0.3) is 17.0 Å². The fraction of sp³-hybridized carbons (Fsp3) is 0.0800. The number of carbonyl (C=O) groups is 3. The third kappa shape index (κ3) is 3.94. The predicted molar refractivity (Wildman–Crippen MR) is 118 cm³/mol. The van der Waals surface area contributed by atoms with E-state index in [1.807, 2.05) is 34.9 Å². The maximum atomic E-state index is 13.6. The van der Waals surface area contributed by atoms with Crippen LogP contribution in [0, 0.1) is 5.82 Å². The summed E-state index contributed by atoms with van der Waals surface area (Å²) in [5.41, 5.74) is 2.11. The van der Waals surface area contributed by atoms with Crippen molar-refractivity contribution in [1.29, 1.82) is 0 Å². The number of amides is 4. The smallest absolute Gasteiger partial charge is 0.331 e. The van der Waals surface area contributed by atoms with E-state index in [0.717, 1.165) is 21.4 Å². The van der Waals surface area contributed by atoms with E-state index in [1.54, 1.807) is 24.4 Å². The lowest BCUT2D eigenvalue weighted by molar-refractivity contribution is -0.130. The molecule has 4 aromatic rings. The molecule has 0 radical (unpaired) electrons. The number of aromatic nitrogens is 1. The Balaban J connectivity index is 1.53. The molecule has 2 aromatic carbocycles. The Morgan fingerprint density at radius 2 is 1.82 bits per heavy atom. The maximum absolute atomic E-state index is 13.6. The summed E-state index contributed by atoms with van der Waals surface area (Å²) in [4.78, 5) is 38.7. The van der Waals surface area contributed by atoms with Crippen LogP contribution in [0.15, 0.2) is 83.1 Å². The Morgan fingerprint density at radius 3 is 2.61 bits per heavy atom. The molecule has 0 spiro atoms. The van der Waals surface area contributed by atoms with E-state index in [-0.39, 0.29) is 17.9 Å². The number of fused-ring (bicyclic) bond motifs is 1. The van der Waals surface area contributed by atoms with Gasteiger partial charge in [0.05, 0.1) is 12.8 Å². The minimum atomic E-state index is -0.799. The van der Waals surface area contributed by atoms with Crippen LogP contribution >= 0.6 is 0 Å². The van der Waals surface area contributed by atoms with Crippen molar-refractivity contribution in [2.45, 2.75) is 13.1 Å². The van der Waals surface area contributed by atoms with Gasteiger partial charge in [0.15, 0.2) is 0 Å². The van der Waals surface area contributed by atoms with Gasteiger partial charge < -0.3 is 8.98 Å². The van der Waals surface area contributed by atoms with Crippen LogP contribution in [0.4, 0.5) is 9.18 Å². The molecule has 5 rings (SSSR count). The number of barbiturate groups is 1. The van der Waals surface area contributed by atoms with Gasteiger partial charge in [-0.25, -0.2) is 9.18 Å². The minimum absolute atomic E-state index is 0.0936. The number of furan rings is 1. The fourth-order valence-corrected chi connectivity index (χ4v) is 3.90. The lowest BCUT2D eigenvalue weighted by atomic mass is 10.1. The molecule has 164 valence electrons. The Morgan fingerprint density at radius 1 is 0.970 bits per heavy atom. The van der Waals surface area contributed by atoms with Crippen LogP contribution in [0.3, 0.4) is 0 Å². The molecule has 1 saturated heterocycles. The average Bonchev–Trinajstić information content (AvgIpc) is 3.43. The van der Waals surface area contributed by atoms with Gasteiger partial charge in [0.25, 0.3) is 11.8 Å². The number of para-hydroxylation sites is 1. The van der Waals surface area contributed by atoms with Crippen LogP contribution in [-0.4, -0.2) is 27.3 Å². The lowest BCUT2D eigenvalue weighted by Gasteiger charge is -2.25. The third-order valence-corrected chi connectivity index (χ3v) is 5.44. The number of hydrogen-bond donors (Lipinski definition) is 1. The number of benzene rings is 2. The summed E-state index contributed by atoms with van der Waals surface area (Å²) in [6.45, 7) is 0.314. The van der Waals surface area contributed by atoms with Crippen molar-refractivity contribution in [3.63, 3.8) is 0 Å². The van der Waals surface area contributed by atoms with Crippen molar-refractivity contribution >= 4 is 34.8 Å². The number of hydrogen-bond acceptors (Lipinski definition) is 4. The normalized spacial score (nSPS) is 15.5. The zero-order chi connectivity index (χ0) is 22.9. The molecule has 8 heteroatoms. The van der Waals surface area contributed by atoms with Gasteiger partial charge in [-0.15, -0.1) is 0 Å². The van der Waals surface area contributed by atoms with E-state index in [4.69, 9.17) is 4.42 Å². The van der Waals surface area contributed by atoms with E-state index in [1.165, 1.54) is 24.5 Å². The maximum Gasteiger partial charge on any atom is 0.331 e. The minimum Gasteiger partial charge on any atom is -0.467 e. The molecule has 0 saturated carbocycles. The molecule has 1 aliphatic rings. The van der Waals surface area contributed by atoms with Crippen molar-refractivity contribution in [2.24, 2.45) is 0 Å². The van der Waals surface area contributed by atoms with Crippen LogP contribution in [-0.2, 0) is 22.7 Å². The lowest BCUT2D eigenvalue weighted by Crippen LogP contribution is -2.53. The zero-order valence-corrected chi connectivity index (χ0v) is 17.3. The first kappa shape index (κ1) is 20.4. The standard InChI is InChI=1S/C25H18FN3O4/c26-18-6-3-5-16(11-18)13-28-14-17(20-8-1-2-9-22(20)28)12-21-23(30)27-25(32)29(24(21)31)15-19-7-4-10-33-19/h1-12,14H,13,15H2,(H,27,30,32). The van der Waals surface area contributed by atoms with Gasteiger partial charge in [-0.3, -0.25) is 19.8 Å². The molecule has 1 fully saturated rings. The third-order valence-electron chi connectivity index (χ3n) is 5.44. The second kappa shape index (κ2) is 8.23. The Kier molecular flexibility index (Phi) is 5.10. The number of carbonyl (C=O) groups excluding carboxylic acids is 3. The first-order valence-electron chi connectivity index (χ1n) is 10.2. The number of urea groups is 1. The van der Waals surface area contributed by atoms with Gasteiger partial charge in [-0.05, 0) is 42.0 Å². The van der Waals surface area contributed by atoms with E-state index < -0.39 is 17.8 Å². The highest BCUT2D eigenvalue weighted by molar-refractivity contribution is 6.31. The Hall–Kier alpha value is -4.46. The van der Waals surface area contributed by atoms with Gasteiger partial charge in [-0.2, -0.15) is 0 Å². The topological polar surface area (TPSA) is 84.6 Å². The van der Waals surface area contributed by atoms with Gasteiger partial charge in [0.2, 0.25) is 0 Å². The van der Waals surface area contributed by atoms with Gasteiger partial charge >= 0.3 is 6.03 Å². The van der Waals surface area contributed by atoms with E-state index in [2.05, 4.69) is 5.32 Å². The summed E-state index contributed by atoms with van der Waals surface area (Å²) in [5.74, 6) is -1.37. The highest BCUT2D eigenvalue weighted by atomic mass is 19.1. The van der Waals surface area contributed by atoms with Crippen LogP contribution in [0.2, 0.25) is 0 Å². The van der Waals surface area contributed by atoms with Crippen LogP contribution in [0.1, 0.15) is 16.9 Å². The quantitative estimate of drug-likeness (QED) is 0.372. The van der Waals surface area contributed by atoms with E-state index in [9.17, 15) is 18.8 Å². The fourth-order valence-electron chi connectivity index (χ4n) is 3.90. The molecule has 2 aromatic heterocycles. The van der Waals surface area contributed by atoms with Crippen LogP contribution in [0.5, 0.6) is 0 Å². The van der Waals surface area contributed by atoms with Gasteiger partial charge in [0.1, 0.15) is 17.2 Å². The predicted octanol–water partition coefficient (Wildman–Crippen LogP) is 4.08. The Labute approximate surface area is 187 Å². The monoisotopic (exact) mass is 443 g/mol. The molecule has 33 heavy (non-hydrogen) atoms. The summed E-state index contributed by atoms with van der Waals surface area (Å²) < 4.78 is 20.8. The average molecular weight is 443 g/mol. The summed E-state index contributed by atoms with van der Waals surface area (Å²) in [6, 6.07) is 16.3. The van der Waals surface area contributed by atoms with Gasteiger partial charge in [-0.1, -0.05) is 30.3 Å². The molecule has 4 amide bonds. The molecule has 0 atom stereocenters. The molecule has 0 bridgehead atoms. The number of halogens is 1. The van der Waals surface area contributed by atoms with Crippen molar-refractivity contribution in [2.75, 3.05) is 0 Å². The van der Waals surface area contributed by atoms with Crippen LogP contribution < -0.4 is 5.32 Å². The van der Waals surface area contributed by atoms with Crippen molar-refractivity contribution in [3.05, 3.63) is 101 Å². The summed E-state index contributed by atoms with van der Waals surface area (Å²) in [6.07, 6.45) is 4.72. The second-order valence-corrected chi connectivity index (χ2v) is 7.65. The first-order valence-corrected chi connectivity index (χ1v) is 10.2. The number of nitrogens with one attached hydrogen (secondary N) is 1. The highest BCUT2D eigenvalue weighted by Gasteiger charge is 2.36. The number of nitrogens with zero attached hydrogens (tertiary/aromatic N) is 2. The number of imide groups is 2. The Bertz CT molecular complexity index is 1420. The molecule has 3 heterocycles. The summed E-state index contributed by atoms with van der Waals surface area (Å²) in [7, 11) is 0. The van der Waals surface area contributed by atoms with Crippen molar-refractivity contribution < 1.29 is 23.2 Å². The molecular formula is C25H18FN3O4. The zero-order valence-electron chi connectivity index (χ0n) is 17.3. The summed E-state index contributed by atoms with van der Waals surface area (Å²) >= 11 is 0. The summed E-state index contributed by atoms with van der Waals surface area (Å²) in [5, 5.41) is 3.03. The van der Waals surface area contributed by atoms with Gasteiger partial charge in [0, 0.05) is 29.2 Å². The highest BCUT2D eigenvalue weighted by Crippen LogP contribution is 2.26. The molecule has 0 aliphatic carbocycles. The first-order chi connectivity index (χ1) is 16.0. The second-order valence-electron chi connectivity index (χ2n) is 7.65. The van der Waals surface area contributed by atoms with E-state index in [0.29, 0.717) is 17.9 Å². The molecule has 1 N–H and O–H groups in total. The SMILES string of the molecule is O=C1NC(=O)N(Cc2ccco2)C(=O)C1=Cc1cn(Cc2cccc(F)c2)c2ccccc12. The van der Waals surface area contributed by atoms with Crippen molar-refractivity contribution in [3.8, 4) is 0 Å². The van der Waals surface area contributed by atoms with Crippen molar-refractivity contribution in [1.82, 2.24) is 14.8 Å². The number of rotatable bonds is 5. The molecule has 0 unspecified atom stereocenters.